The van der Waals surface area contributed by atoms with Crippen molar-refractivity contribution in [2.45, 2.75) is 19.5 Å². The Kier molecular flexibility index (Phi) is 3.77. The van der Waals surface area contributed by atoms with Crippen molar-refractivity contribution in [1.82, 2.24) is 15.3 Å². The number of rotatable bonds is 5. The minimum absolute atomic E-state index is 0.231. The number of methoxy groups -OCH3 is 1. The minimum Gasteiger partial charge on any atom is -0.496 e. The van der Waals surface area contributed by atoms with Gasteiger partial charge in [-0.15, -0.1) is 0 Å². The molecule has 0 amide bonds. The molecule has 2 rings (SSSR count). The van der Waals surface area contributed by atoms with E-state index in [-0.39, 0.29) is 6.04 Å². The van der Waals surface area contributed by atoms with Crippen LogP contribution in [-0.4, -0.2) is 17.1 Å². The topological polar surface area (TPSA) is 49.9 Å². The Labute approximate surface area is 101 Å². The van der Waals surface area contributed by atoms with E-state index < -0.39 is 0 Å². The zero-order valence-corrected chi connectivity index (χ0v) is 10.1. The summed E-state index contributed by atoms with van der Waals surface area (Å²) in [7, 11) is 1.69. The van der Waals surface area contributed by atoms with Crippen LogP contribution in [0, 0.1) is 0 Å². The quantitative estimate of drug-likeness (QED) is 0.830. The fourth-order valence-electron chi connectivity index (χ4n) is 1.78. The summed E-state index contributed by atoms with van der Waals surface area (Å²) in [6.45, 7) is 2.88. The number of nitrogens with zero attached hydrogens (tertiary/aromatic N) is 1. The molecule has 90 valence electrons. The third-order valence-electron chi connectivity index (χ3n) is 2.76. The lowest BCUT2D eigenvalue weighted by atomic mass is 10.1. The maximum Gasteiger partial charge on any atom is 0.123 e. The van der Waals surface area contributed by atoms with Crippen LogP contribution in [-0.2, 0) is 6.54 Å². The highest BCUT2D eigenvalue weighted by Crippen LogP contribution is 2.24. The molecule has 4 heteroatoms. The SMILES string of the molecule is COc1ccccc1C(C)NCc1cnc[nH]1. The molecule has 1 unspecified atom stereocenters. The predicted octanol–water partition coefficient (Wildman–Crippen LogP) is 2.27. The molecule has 17 heavy (non-hydrogen) atoms. The zero-order valence-electron chi connectivity index (χ0n) is 10.1. The van der Waals surface area contributed by atoms with E-state index in [1.165, 1.54) is 0 Å². The van der Waals surface area contributed by atoms with Crippen molar-refractivity contribution in [1.29, 1.82) is 0 Å². The first-order chi connectivity index (χ1) is 8.31. The Balaban J connectivity index is 2.01. The highest BCUT2D eigenvalue weighted by molar-refractivity contribution is 5.35. The third-order valence-corrected chi connectivity index (χ3v) is 2.76. The maximum atomic E-state index is 5.34. The molecular weight excluding hydrogens is 214 g/mol. The van der Waals surface area contributed by atoms with Crippen molar-refractivity contribution in [3.8, 4) is 5.75 Å². The average molecular weight is 231 g/mol. The minimum atomic E-state index is 0.231. The van der Waals surface area contributed by atoms with Crippen LogP contribution in [0.15, 0.2) is 36.8 Å². The second kappa shape index (κ2) is 5.50. The first-order valence-corrected chi connectivity index (χ1v) is 5.65. The van der Waals surface area contributed by atoms with Gasteiger partial charge < -0.3 is 15.0 Å². The molecule has 0 aliphatic heterocycles. The van der Waals surface area contributed by atoms with Crippen molar-refractivity contribution < 1.29 is 4.74 Å². The summed E-state index contributed by atoms with van der Waals surface area (Å²) < 4.78 is 5.34. The number of para-hydroxylation sites is 1. The summed E-state index contributed by atoms with van der Waals surface area (Å²) in [5, 5.41) is 3.42. The Hall–Kier alpha value is -1.81. The van der Waals surface area contributed by atoms with Gasteiger partial charge in [0, 0.05) is 30.0 Å². The number of aromatic amines is 1. The molecule has 1 aromatic carbocycles. The van der Waals surface area contributed by atoms with E-state index in [0.29, 0.717) is 0 Å². The Morgan fingerprint density at radius 2 is 2.24 bits per heavy atom. The van der Waals surface area contributed by atoms with Crippen molar-refractivity contribution in [2.75, 3.05) is 7.11 Å². The number of aromatic nitrogens is 2. The molecule has 0 aliphatic carbocycles. The number of hydrogen-bond acceptors (Lipinski definition) is 3. The fraction of sp³-hybridized carbons (Fsp3) is 0.308. The summed E-state index contributed by atoms with van der Waals surface area (Å²) in [6.07, 6.45) is 3.51. The van der Waals surface area contributed by atoms with Gasteiger partial charge in [-0.3, -0.25) is 0 Å². The molecule has 1 atom stereocenters. The molecule has 0 aliphatic rings. The smallest absolute Gasteiger partial charge is 0.123 e. The molecule has 0 radical (unpaired) electrons. The molecule has 1 heterocycles. The van der Waals surface area contributed by atoms with Crippen molar-refractivity contribution in [3.63, 3.8) is 0 Å². The van der Waals surface area contributed by atoms with Gasteiger partial charge in [0.05, 0.1) is 13.4 Å². The predicted molar refractivity (Wildman–Crippen MR) is 66.8 cm³/mol. The summed E-state index contributed by atoms with van der Waals surface area (Å²) in [5.41, 5.74) is 2.24. The van der Waals surface area contributed by atoms with Gasteiger partial charge in [0.25, 0.3) is 0 Å². The average Bonchev–Trinajstić information content (AvgIpc) is 2.89. The first kappa shape index (κ1) is 11.7. The van der Waals surface area contributed by atoms with Crippen LogP contribution < -0.4 is 10.1 Å². The van der Waals surface area contributed by atoms with Crippen LogP contribution in [0.5, 0.6) is 5.75 Å². The van der Waals surface area contributed by atoms with E-state index in [9.17, 15) is 0 Å². The number of ether oxygens (including phenoxy) is 1. The Bertz CT molecular complexity index is 453. The standard InChI is InChI=1S/C13H17N3O/c1-10(15-8-11-7-14-9-16-11)12-5-3-4-6-13(12)17-2/h3-7,9-10,15H,8H2,1-2H3,(H,14,16). The summed E-state index contributed by atoms with van der Waals surface area (Å²) in [6, 6.07) is 8.28. The van der Waals surface area contributed by atoms with Gasteiger partial charge in [0.15, 0.2) is 0 Å². The summed E-state index contributed by atoms with van der Waals surface area (Å²) in [5.74, 6) is 0.914. The molecule has 0 spiro atoms. The second-order valence-electron chi connectivity index (χ2n) is 3.92. The van der Waals surface area contributed by atoms with Gasteiger partial charge in [0.1, 0.15) is 5.75 Å². The number of nitrogens with one attached hydrogen (secondary N) is 2. The zero-order chi connectivity index (χ0) is 12.1. The second-order valence-corrected chi connectivity index (χ2v) is 3.92. The molecule has 4 nitrogen and oxygen atoms in total. The van der Waals surface area contributed by atoms with Crippen molar-refractivity contribution in [3.05, 3.63) is 48.0 Å². The lowest BCUT2D eigenvalue weighted by Gasteiger charge is -2.16. The van der Waals surface area contributed by atoms with Gasteiger partial charge in [0.2, 0.25) is 0 Å². The van der Waals surface area contributed by atoms with Gasteiger partial charge in [-0.25, -0.2) is 4.98 Å². The Morgan fingerprint density at radius 1 is 1.41 bits per heavy atom. The molecule has 0 saturated carbocycles. The first-order valence-electron chi connectivity index (χ1n) is 5.65. The monoisotopic (exact) mass is 231 g/mol. The summed E-state index contributed by atoms with van der Waals surface area (Å²) in [4.78, 5) is 7.05. The maximum absolute atomic E-state index is 5.34. The van der Waals surface area contributed by atoms with Crippen molar-refractivity contribution >= 4 is 0 Å². The van der Waals surface area contributed by atoms with Crippen molar-refractivity contribution in [2.24, 2.45) is 0 Å². The molecule has 0 fully saturated rings. The Morgan fingerprint density at radius 3 is 2.94 bits per heavy atom. The lowest BCUT2D eigenvalue weighted by Crippen LogP contribution is -2.18. The summed E-state index contributed by atoms with van der Waals surface area (Å²) >= 11 is 0. The normalized spacial score (nSPS) is 12.4. The van der Waals surface area contributed by atoms with Gasteiger partial charge in [-0.05, 0) is 13.0 Å². The highest BCUT2D eigenvalue weighted by Gasteiger charge is 2.10. The number of imidazole rings is 1. The van der Waals surface area contributed by atoms with E-state index >= 15 is 0 Å². The largest absolute Gasteiger partial charge is 0.496 e. The molecule has 2 aromatic rings. The number of benzene rings is 1. The van der Waals surface area contributed by atoms with E-state index in [1.54, 1.807) is 13.4 Å². The highest BCUT2D eigenvalue weighted by atomic mass is 16.5. The molecule has 2 N–H and O–H groups in total. The van der Waals surface area contributed by atoms with Crippen LogP contribution in [0.25, 0.3) is 0 Å². The van der Waals surface area contributed by atoms with Gasteiger partial charge in [-0.1, -0.05) is 18.2 Å². The third kappa shape index (κ3) is 2.85. The van der Waals surface area contributed by atoms with Crippen LogP contribution in [0.2, 0.25) is 0 Å². The van der Waals surface area contributed by atoms with Crippen LogP contribution >= 0.6 is 0 Å². The van der Waals surface area contributed by atoms with E-state index in [4.69, 9.17) is 4.74 Å². The molecule has 0 bridgehead atoms. The van der Waals surface area contributed by atoms with Gasteiger partial charge >= 0.3 is 0 Å². The molecular formula is C13H17N3O. The van der Waals surface area contributed by atoms with Crippen LogP contribution in [0.4, 0.5) is 0 Å². The fourth-order valence-corrected chi connectivity index (χ4v) is 1.78. The molecule has 1 aromatic heterocycles. The van der Waals surface area contributed by atoms with Gasteiger partial charge in [-0.2, -0.15) is 0 Å². The van der Waals surface area contributed by atoms with E-state index in [2.05, 4.69) is 28.3 Å². The van der Waals surface area contributed by atoms with E-state index in [0.717, 1.165) is 23.6 Å². The van der Waals surface area contributed by atoms with Crippen LogP contribution in [0.1, 0.15) is 24.2 Å². The lowest BCUT2D eigenvalue weighted by molar-refractivity contribution is 0.401. The number of H-pyrrole nitrogens is 1. The van der Waals surface area contributed by atoms with Crippen LogP contribution in [0.3, 0.4) is 0 Å². The number of hydrogen-bond donors (Lipinski definition) is 2. The molecule has 0 saturated heterocycles. The van der Waals surface area contributed by atoms with E-state index in [1.807, 2.05) is 24.4 Å².